The maximum absolute atomic E-state index is 2.50. The molecule has 2 rings (SSSR count). The average molecular weight is 206 g/mol. The molecule has 3 unspecified atom stereocenters. The van der Waals surface area contributed by atoms with Gasteiger partial charge >= 0.3 is 0 Å². The van der Waals surface area contributed by atoms with E-state index in [9.17, 15) is 0 Å². The monoisotopic (exact) mass is 206 g/mol. The molecule has 2 aliphatic rings. The Morgan fingerprint density at radius 2 is 1.73 bits per heavy atom. The zero-order valence-corrected chi connectivity index (χ0v) is 10.5. The number of allylic oxidation sites excluding steroid dienone is 2. The lowest BCUT2D eigenvalue weighted by atomic mass is 9.66. The summed E-state index contributed by atoms with van der Waals surface area (Å²) in [6.07, 6.45) is 14.2. The first-order chi connectivity index (χ1) is 7.33. The van der Waals surface area contributed by atoms with Crippen molar-refractivity contribution in [2.24, 2.45) is 17.8 Å². The molecule has 86 valence electrons. The number of hydrogen-bond donors (Lipinski definition) is 0. The van der Waals surface area contributed by atoms with E-state index in [-0.39, 0.29) is 0 Å². The Kier molecular flexibility index (Phi) is 3.88. The van der Waals surface area contributed by atoms with Crippen LogP contribution >= 0.6 is 0 Å². The molecular formula is C15H26. The molecular weight excluding hydrogens is 180 g/mol. The molecule has 0 N–H and O–H groups in total. The third-order valence-corrected chi connectivity index (χ3v) is 4.77. The third-order valence-electron chi connectivity index (χ3n) is 4.77. The molecule has 0 bridgehead atoms. The molecule has 2 fully saturated rings. The normalized spacial score (nSPS) is 40.7. The van der Waals surface area contributed by atoms with Gasteiger partial charge in [0.2, 0.25) is 0 Å². The molecule has 0 amide bonds. The first-order valence-corrected chi connectivity index (χ1v) is 6.98. The molecule has 0 radical (unpaired) electrons. The molecule has 15 heavy (non-hydrogen) atoms. The topological polar surface area (TPSA) is 0 Å². The van der Waals surface area contributed by atoms with E-state index >= 15 is 0 Å². The number of rotatable bonds is 0. The lowest BCUT2D eigenvalue weighted by Gasteiger charge is -2.39. The fraction of sp³-hybridized carbons (Fsp3) is 0.867. The zero-order chi connectivity index (χ0) is 10.7. The van der Waals surface area contributed by atoms with Gasteiger partial charge in [-0.15, -0.1) is 0 Å². The van der Waals surface area contributed by atoms with Crippen molar-refractivity contribution in [1.29, 1.82) is 0 Å². The largest absolute Gasteiger partial charge is 0.0882 e. The Bertz CT molecular complexity index is 226. The van der Waals surface area contributed by atoms with Crippen molar-refractivity contribution in [3.63, 3.8) is 0 Å². The average Bonchev–Trinajstić information content (AvgIpc) is 2.27. The van der Waals surface area contributed by atoms with Crippen LogP contribution in [-0.4, -0.2) is 0 Å². The van der Waals surface area contributed by atoms with E-state index in [1.54, 1.807) is 5.57 Å². The highest BCUT2D eigenvalue weighted by molar-refractivity contribution is 5.09. The van der Waals surface area contributed by atoms with Crippen molar-refractivity contribution in [2.75, 3.05) is 0 Å². The van der Waals surface area contributed by atoms with Crippen LogP contribution in [0.2, 0.25) is 0 Å². The van der Waals surface area contributed by atoms with Crippen LogP contribution in [0.4, 0.5) is 0 Å². The van der Waals surface area contributed by atoms with Crippen molar-refractivity contribution in [1.82, 2.24) is 0 Å². The Morgan fingerprint density at radius 3 is 2.53 bits per heavy atom. The van der Waals surface area contributed by atoms with Crippen LogP contribution in [0.3, 0.4) is 0 Å². The molecule has 0 aromatic rings. The van der Waals surface area contributed by atoms with E-state index in [1.807, 2.05) is 0 Å². The molecule has 2 aliphatic carbocycles. The van der Waals surface area contributed by atoms with E-state index in [2.05, 4.69) is 19.9 Å². The van der Waals surface area contributed by atoms with Crippen molar-refractivity contribution in [2.45, 2.75) is 65.2 Å². The summed E-state index contributed by atoms with van der Waals surface area (Å²) in [5.74, 6) is 2.95. The highest BCUT2D eigenvalue weighted by Gasteiger charge is 2.32. The van der Waals surface area contributed by atoms with Crippen LogP contribution < -0.4 is 0 Å². The second-order valence-corrected chi connectivity index (χ2v) is 5.64. The molecule has 0 nitrogen and oxygen atoms in total. The van der Waals surface area contributed by atoms with Gasteiger partial charge in [0.25, 0.3) is 0 Å². The Balaban J connectivity index is 2.15. The quantitative estimate of drug-likeness (QED) is 0.492. The van der Waals surface area contributed by atoms with Gasteiger partial charge in [0, 0.05) is 0 Å². The lowest BCUT2D eigenvalue weighted by Crippen LogP contribution is -2.28. The molecule has 2 saturated carbocycles. The molecule has 0 heteroatoms. The fourth-order valence-electron chi connectivity index (χ4n) is 3.85. The van der Waals surface area contributed by atoms with Crippen molar-refractivity contribution in [3.8, 4) is 0 Å². The van der Waals surface area contributed by atoms with E-state index in [0.717, 1.165) is 17.8 Å². The summed E-state index contributed by atoms with van der Waals surface area (Å²) in [4.78, 5) is 0. The van der Waals surface area contributed by atoms with Gasteiger partial charge < -0.3 is 0 Å². The predicted molar refractivity (Wildman–Crippen MR) is 66.8 cm³/mol. The maximum atomic E-state index is 2.50. The minimum absolute atomic E-state index is 0.957. The molecule has 3 atom stereocenters. The number of fused-ring (bicyclic) bond motifs is 1. The van der Waals surface area contributed by atoms with Gasteiger partial charge in [0.15, 0.2) is 0 Å². The summed E-state index contributed by atoms with van der Waals surface area (Å²) in [5, 5.41) is 0. The van der Waals surface area contributed by atoms with Crippen LogP contribution in [0.1, 0.15) is 65.2 Å². The molecule has 0 aromatic heterocycles. The summed E-state index contributed by atoms with van der Waals surface area (Å²) in [7, 11) is 0. The van der Waals surface area contributed by atoms with Crippen LogP contribution in [0.5, 0.6) is 0 Å². The highest BCUT2D eigenvalue weighted by Crippen LogP contribution is 2.43. The summed E-state index contributed by atoms with van der Waals surface area (Å²) in [6.45, 7) is 4.76. The lowest BCUT2D eigenvalue weighted by molar-refractivity contribution is 0.174. The Labute approximate surface area is 95.1 Å². The second kappa shape index (κ2) is 5.18. The fourth-order valence-corrected chi connectivity index (χ4v) is 3.85. The van der Waals surface area contributed by atoms with Crippen LogP contribution in [0.15, 0.2) is 11.6 Å². The first kappa shape index (κ1) is 11.2. The molecule has 0 spiro atoms. The third kappa shape index (κ3) is 2.46. The van der Waals surface area contributed by atoms with Gasteiger partial charge in [0.05, 0.1) is 0 Å². The summed E-state index contributed by atoms with van der Waals surface area (Å²) in [6, 6.07) is 0. The summed E-state index contributed by atoms with van der Waals surface area (Å²) < 4.78 is 0. The Morgan fingerprint density at radius 1 is 1.00 bits per heavy atom. The number of hydrogen-bond acceptors (Lipinski definition) is 0. The van der Waals surface area contributed by atoms with Crippen molar-refractivity contribution in [3.05, 3.63) is 11.6 Å². The molecule has 0 aromatic carbocycles. The second-order valence-electron chi connectivity index (χ2n) is 5.64. The maximum Gasteiger partial charge on any atom is -0.0172 e. The van der Waals surface area contributed by atoms with E-state index in [4.69, 9.17) is 0 Å². The van der Waals surface area contributed by atoms with Crippen LogP contribution in [-0.2, 0) is 0 Å². The minimum atomic E-state index is 0.957. The van der Waals surface area contributed by atoms with E-state index in [0.29, 0.717) is 0 Å². The van der Waals surface area contributed by atoms with Gasteiger partial charge in [-0.3, -0.25) is 0 Å². The Hall–Kier alpha value is -0.260. The SMILES string of the molecule is C/C=C1\CCCCC(C)C2CCCCC12. The van der Waals surface area contributed by atoms with Gasteiger partial charge in [-0.2, -0.15) is 0 Å². The predicted octanol–water partition coefficient (Wildman–Crippen LogP) is 4.95. The van der Waals surface area contributed by atoms with E-state index < -0.39 is 0 Å². The minimum Gasteiger partial charge on any atom is -0.0882 e. The van der Waals surface area contributed by atoms with Gasteiger partial charge in [-0.25, -0.2) is 0 Å². The van der Waals surface area contributed by atoms with E-state index in [1.165, 1.54) is 51.4 Å². The standard InChI is InChI=1S/C15H26/c1-3-13-9-5-4-8-12(2)14-10-6-7-11-15(13)14/h3,12,14-15H,4-11H2,1-2H3/b13-3+. The van der Waals surface area contributed by atoms with Gasteiger partial charge in [0.1, 0.15) is 0 Å². The van der Waals surface area contributed by atoms with Gasteiger partial charge in [-0.1, -0.05) is 44.3 Å². The summed E-state index contributed by atoms with van der Waals surface area (Å²) >= 11 is 0. The van der Waals surface area contributed by atoms with Crippen LogP contribution in [0, 0.1) is 17.8 Å². The first-order valence-electron chi connectivity index (χ1n) is 6.98. The smallest absolute Gasteiger partial charge is 0.0172 e. The van der Waals surface area contributed by atoms with Crippen molar-refractivity contribution >= 4 is 0 Å². The van der Waals surface area contributed by atoms with Gasteiger partial charge in [-0.05, 0) is 50.4 Å². The van der Waals surface area contributed by atoms with Crippen LogP contribution in [0.25, 0.3) is 0 Å². The van der Waals surface area contributed by atoms with Crippen molar-refractivity contribution < 1.29 is 0 Å². The molecule has 0 aliphatic heterocycles. The zero-order valence-electron chi connectivity index (χ0n) is 10.5. The molecule has 0 heterocycles. The summed E-state index contributed by atoms with van der Waals surface area (Å²) in [5.41, 5.74) is 1.80. The molecule has 0 saturated heterocycles. The highest BCUT2D eigenvalue weighted by atomic mass is 14.4.